The second kappa shape index (κ2) is 4.70. The molecule has 5 nitrogen and oxygen atoms in total. The topological polar surface area (TPSA) is 89.3 Å². The van der Waals surface area contributed by atoms with Crippen LogP contribution in [0.25, 0.3) is 5.53 Å². The molecule has 0 unspecified atom stereocenters. The van der Waals surface area contributed by atoms with Gasteiger partial charge in [-0.2, -0.15) is 5.26 Å². The van der Waals surface area contributed by atoms with E-state index in [2.05, 4.69) is 10.1 Å². The Kier molecular flexibility index (Phi) is 3.33. The maximum absolute atomic E-state index is 11.2. The quantitative estimate of drug-likeness (QED) is 0.440. The molecule has 0 saturated carbocycles. The van der Waals surface area contributed by atoms with Crippen LogP contribution in [0.3, 0.4) is 0 Å². The summed E-state index contributed by atoms with van der Waals surface area (Å²) in [6, 6.07) is 8.49. The minimum absolute atomic E-state index is 0.544. The van der Waals surface area contributed by atoms with Crippen molar-refractivity contribution in [2.24, 2.45) is 0 Å². The van der Waals surface area contributed by atoms with Crippen LogP contribution in [0.4, 0.5) is 5.69 Å². The van der Waals surface area contributed by atoms with E-state index in [1.165, 1.54) is 6.07 Å². The Labute approximate surface area is 86.6 Å². The number of nitrogens with zero attached hydrogens (tertiary/aromatic N) is 3. The highest BCUT2D eigenvalue weighted by Crippen LogP contribution is 2.08. The van der Waals surface area contributed by atoms with Gasteiger partial charge in [0, 0.05) is 5.69 Å². The van der Waals surface area contributed by atoms with Gasteiger partial charge in [-0.1, -0.05) is 17.7 Å². The summed E-state index contributed by atoms with van der Waals surface area (Å²) in [6.45, 7) is 1.92. The van der Waals surface area contributed by atoms with Crippen LogP contribution in [0, 0.1) is 18.3 Å². The SMILES string of the molecule is Cc1ccc(NC(=O)C(C#N)=[N+]=[N-])cc1. The Morgan fingerprint density at radius 3 is 2.53 bits per heavy atom. The van der Waals surface area contributed by atoms with Crippen molar-refractivity contribution in [2.45, 2.75) is 6.92 Å². The molecule has 0 spiro atoms. The molecule has 0 aliphatic heterocycles. The minimum Gasteiger partial charge on any atom is -0.360 e. The Balaban J connectivity index is 2.80. The summed E-state index contributed by atoms with van der Waals surface area (Å²) in [4.78, 5) is 13.8. The van der Waals surface area contributed by atoms with E-state index < -0.39 is 11.6 Å². The van der Waals surface area contributed by atoms with Crippen LogP contribution < -0.4 is 5.32 Å². The third-order valence-electron chi connectivity index (χ3n) is 1.73. The van der Waals surface area contributed by atoms with Crippen molar-refractivity contribution in [2.75, 3.05) is 5.32 Å². The number of carbonyl (C=O) groups is 1. The number of carbonyl (C=O) groups excluding carboxylic acids is 1. The standard InChI is InChI=1S/C10H8N4O/c1-7-2-4-8(5-3-7)13-10(15)9(6-11)14-12/h2-5H,1H3,(H,13,15). The molecule has 1 aromatic rings. The fourth-order valence-corrected chi connectivity index (χ4v) is 0.946. The fourth-order valence-electron chi connectivity index (χ4n) is 0.946. The normalized spacial score (nSPS) is 8.53. The van der Waals surface area contributed by atoms with Crippen molar-refractivity contribution in [3.05, 3.63) is 35.4 Å². The molecule has 0 aromatic heterocycles. The highest BCUT2D eigenvalue weighted by Gasteiger charge is 2.18. The number of rotatable bonds is 2. The van der Waals surface area contributed by atoms with Gasteiger partial charge in [0.05, 0.1) is 0 Å². The lowest BCUT2D eigenvalue weighted by Crippen LogP contribution is -2.22. The zero-order valence-corrected chi connectivity index (χ0v) is 8.06. The van der Waals surface area contributed by atoms with Gasteiger partial charge < -0.3 is 10.8 Å². The van der Waals surface area contributed by atoms with Crippen LogP contribution in [0.5, 0.6) is 0 Å². The Morgan fingerprint density at radius 1 is 1.47 bits per heavy atom. The van der Waals surface area contributed by atoms with Crippen molar-refractivity contribution < 1.29 is 9.58 Å². The Morgan fingerprint density at radius 2 is 2.07 bits per heavy atom. The number of hydrogen-bond acceptors (Lipinski definition) is 2. The van der Waals surface area contributed by atoms with Crippen molar-refractivity contribution in [3.63, 3.8) is 0 Å². The highest BCUT2D eigenvalue weighted by atomic mass is 16.1. The molecule has 1 N–H and O–H groups in total. The molecule has 0 bridgehead atoms. The average Bonchev–Trinajstić information content (AvgIpc) is 2.23. The molecular weight excluding hydrogens is 192 g/mol. The first kappa shape index (κ1) is 10.6. The van der Waals surface area contributed by atoms with Crippen molar-refractivity contribution >= 4 is 17.3 Å². The summed E-state index contributed by atoms with van der Waals surface area (Å²) in [5.74, 6) is -0.733. The van der Waals surface area contributed by atoms with Gasteiger partial charge in [0.2, 0.25) is 0 Å². The lowest BCUT2D eigenvalue weighted by molar-refractivity contribution is -0.114. The van der Waals surface area contributed by atoms with Crippen LogP contribution in [-0.2, 0) is 4.79 Å². The number of nitriles is 1. The maximum Gasteiger partial charge on any atom is 0.455 e. The van der Waals surface area contributed by atoms with E-state index >= 15 is 0 Å². The van der Waals surface area contributed by atoms with E-state index in [0.717, 1.165) is 5.56 Å². The third kappa shape index (κ3) is 2.76. The van der Waals surface area contributed by atoms with Crippen LogP contribution >= 0.6 is 0 Å². The largest absolute Gasteiger partial charge is 0.455 e. The Hall–Kier alpha value is -2.44. The third-order valence-corrected chi connectivity index (χ3v) is 1.73. The molecule has 0 radical (unpaired) electrons. The number of aryl methyl sites for hydroxylation is 1. The number of nitrogens with one attached hydrogen (secondary N) is 1. The van der Waals surface area contributed by atoms with Crippen LogP contribution in [0.15, 0.2) is 24.3 Å². The molecule has 15 heavy (non-hydrogen) atoms. The molecule has 74 valence electrons. The summed E-state index contributed by atoms with van der Waals surface area (Å²) in [6.07, 6.45) is 0. The molecule has 0 aliphatic carbocycles. The predicted octanol–water partition coefficient (Wildman–Crippen LogP) is 1.13. The van der Waals surface area contributed by atoms with Gasteiger partial charge in [0.1, 0.15) is 0 Å². The van der Waals surface area contributed by atoms with Crippen LogP contribution in [-0.4, -0.2) is 16.4 Å². The zero-order valence-electron chi connectivity index (χ0n) is 8.06. The summed E-state index contributed by atoms with van der Waals surface area (Å²) in [7, 11) is 0. The summed E-state index contributed by atoms with van der Waals surface area (Å²) >= 11 is 0. The molecule has 0 saturated heterocycles. The minimum atomic E-state index is -0.733. The van der Waals surface area contributed by atoms with Crippen LogP contribution in [0.2, 0.25) is 0 Å². The Bertz CT molecular complexity index is 463. The zero-order chi connectivity index (χ0) is 11.3. The van der Waals surface area contributed by atoms with Gasteiger partial charge in [-0.15, -0.1) is 4.79 Å². The molecule has 0 heterocycles. The van der Waals surface area contributed by atoms with Crippen molar-refractivity contribution in [1.29, 1.82) is 5.26 Å². The van der Waals surface area contributed by atoms with Gasteiger partial charge in [-0.3, -0.25) is 4.79 Å². The second-order valence-corrected chi connectivity index (χ2v) is 2.88. The van der Waals surface area contributed by atoms with Gasteiger partial charge >= 0.3 is 11.6 Å². The summed E-state index contributed by atoms with van der Waals surface area (Å²) in [5.41, 5.74) is 9.35. The lowest BCUT2D eigenvalue weighted by atomic mass is 10.2. The van der Waals surface area contributed by atoms with Crippen molar-refractivity contribution in [1.82, 2.24) is 0 Å². The van der Waals surface area contributed by atoms with E-state index in [1.807, 2.05) is 19.1 Å². The molecule has 5 heteroatoms. The lowest BCUT2D eigenvalue weighted by Gasteiger charge is -2.00. The van der Waals surface area contributed by atoms with Crippen LogP contribution in [0.1, 0.15) is 5.56 Å². The van der Waals surface area contributed by atoms with Gasteiger partial charge in [-0.25, -0.2) is 0 Å². The van der Waals surface area contributed by atoms with E-state index in [1.54, 1.807) is 12.1 Å². The smallest absolute Gasteiger partial charge is 0.360 e. The average molecular weight is 200 g/mol. The van der Waals surface area contributed by atoms with Gasteiger partial charge in [0.25, 0.3) is 0 Å². The van der Waals surface area contributed by atoms with Gasteiger partial charge in [0.15, 0.2) is 6.07 Å². The van der Waals surface area contributed by atoms with E-state index in [-0.39, 0.29) is 0 Å². The number of benzene rings is 1. The van der Waals surface area contributed by atoms with E-state index in [0.29, 0.717) is 5.69 Å². The predicted molar refractivity (Wildman–Crippen MR) is 54.0 cm³/mol. The number of hydrogen-bond donors (Lipinski definition) is 1. The van der Waals surface area contributed by atoms with E-state index in [4.69, 9.17) is 10.8 Å². The number of amides is 1. The molecule has 1 aromatic carbocycles. The summed E-state index contributed by atoms with van der Waals surface area (Å²) < 4.78 is 0. The summed E-state index contributed by atoms with van der Waals surface area (Å²) in [5, 5.41) is 10.8. The number of anilines is 1. The fraction of sp³-hybridized carbons (Fsp3) is 0.100. The first-order valence-electron chi connectivity index (χ1n) is 4.17. The second-order valence-electron chi connectivity index (χ2n) is 2.88. The molecular formula is C10H8N4O. The molecule has 0 aliphatic rings. The monoisotopic (exact) mass is 200 g/mol. The molecule has 0 fully saturated rings. The van der Waals surface area contributed by atoms with Crippen molar-refractivity contribution in [3.8, 4) is 6.07 Å². The molecule has 1 rings (SSSR count). The molecule has 1 amide bonds. The maximum atomic E-state index is 11.2. The highest BCUT2D eigenvalue weighted by molar-refractivity contribution is 6.46. The molecule has 0 atom stereocenters. The first-order chi connectivity index (χ1) is 7.17. The first-order valence-corrected chi connectivity index (χ1v) is 4.17. The van der Waals surface area contributed by atoms with E-state index in [9.17, 15) is 4.79 Å². The van der Waals surface area contributed by atoms with Gasteiger partial charge in [-0.05, 0) is 19.1 Å².